The number of carbonyl (C=O) groups excluding carboxylic acids is 2. The summed E-state index contributed by atoms with van der Waals surface area (Å²) < 4.78 is 4.68. The first-order valence-corrected chi connectivity index (χ1v) is 10.4. The van der Waals surface area contributed by atoms with Gasteiger partial charge in [0.05, 0.1) is 28.2 Å². The summed E-state index contributed by atoms with van der Waals surface area (Å²) >= 11 is 4.10. The predicted molar refractivity (Wildman–Crippen MR) is 105 cm³/mol. The second-order valence-electron chi connectivity index (χ2n) is 5.10. The number of amides is 1. The van der Waals surface area contributed by atoms with E-state index in [4.69, 9.17) is 0 Å². The third kappa shape index (κ3) is 3.79. The number of nitrogens with one attached hydrogen (secondary N) is 1. The van der Waals surface area contributed by atoms with Crippen LogP contribution in [0.1, 0.15) is 25.7 Å². The van der Waals surface area contributed by atoms with E-state index in [1.54, 1.807) is 30.4 Å². The van der Waals surface area contributed by atoms with Gasteiger partial charge in [0.1, 0.15) is 9.90 Å². The van der Waals surface area contributed by atoms with Crippen LogP contribution in [0.2, 0.25) is 0 Å². The number of aryl methyl sites for hydroxylation is 1. The first kappa shape index (κ1) is 18.6. The van der Waals surface area contributed by atoms with Gasteiger partial charge < -0.3 is 10.1 Å². The van der Waals surface area contributed by atoms with Crippen LogP contribution in [-0.4, -0.2) is 35.2 Å². The largest absolute Gasteiger partial charge is 0.465 e. The van der Waals surface area contributed by atoms with Crippen molar-refractivity contribution in [1.82, 2.24) is 9.97 Å². The van der Waals surface area contributed by atoms with Crippen molar-refractivity contribution in [2.45, 2.75) is 11.9 Å². The molecular weight excluding hydrogens is 390 g/mol. The van der Waals surface area contributed by atoms with Crippen LogP contribution in [0.15, 0.2) is 34.7 Å². The summed E-state index contributed by atoms with van der Waals surface area (Å²) in [6.45, 7) is 1.79. The molecule has 0 aliphatic heterocycles. The maximum atomic E-state index is 12.7. The molecule has 6 nitrogen and oxygen atoms in total. The molecule has 3 aromatic rings. The molecule has 1 amide bonds. The zero-order valence-electron chi connectivity index (χ0n) is 14.2. The highest BCUT2D eigenvalue weighted by molar-refractivity contribution is 7.98. The Balaban J connectivity index is 1.89. The van der Waals surface area contributed by atoms with Gasteiger partial charge in [0.2, 0.25) is 0 Å². The average molecular weight is 406 g/mol. The van der Waals surface area contributed by atoms with E-state index in [9.17, 15) is 9.59 Å². The fraction of sp³-hybridized carbons (Fsp3) is 0.176. The maximum absolute atomic E-state index is 12.7. The normalized spacial score (nSPS) is 10.6. The fourth-order valence-corrected chi connectivity index (χ4v) is 4.36. The number of aromatic nitrogens is 2. The lowest BCUT2D eigenvalue weighted by atomic mass is 10.2. The van der Waals surface area contributed by atoms with Crippen molar-refractivity contribution < 1.29 is 14.3 Å². The van der Waals surface area contributed by atoms with Crippen molar-refractivity contribution in [1.29, 1.82) is 0 Å². The topological polar surface area (TPSA) is 81.2 Å². The van der Waals surface area contributed by atoms with Crippen LogP contribution in [0, 0.1) is 6.92 Å². The second kappa shape index (κ2) is 7.98. The van der Waals surface area contributed by atoms with Gasteiger partial charge in [-0.2, -0.15) is 0 Å². The molecule has 0 unspecified atom stereocenters. The van der Waals surface area contributed by atoms with E-state index in [1.807, 2.05) is 23.8 Å². The monoisotopic (exact) mass is 405 g/mol. The number of thiophene rings is 2. The van der Waals surface area contributed by atoms with Crippen molar-refractivity contribution in [3.63, 3.8) is 0 Å². The average Bonchev–Trinajstić information content (AvgIpc) is 3.32. The van der Waals surface area contributed by atoms with Gasteiger partial charge in [0.25, 0.3) is 5.91 Å². The molecule has 0 saturated carbocycles. The highest BCUT2D eigenvalue weighted by atomic mass is 32.2. The van der Waals surface area contributed by atoms with E-state index >= 15 is 0 Å². The van der Waals surface area contributed by atoms with E-state index in [-0.39, 0.29) is 5.91 Å². The number of esters is 1. The molecule has 0 aromatic carbocycles. The molecule has 0 aliphatic carbocycles. The summed E-state index contributed by atoms with van der Waals surface area (Å²) in [5, 5.41) is 5.94. The standard InChI is InChI=1S/C17H15N3O3S3/c1-9-13(15(21)19-12-7-6-11(26-12)17(22)23-2)16(24-3)20-14(18-9)10-5-4-8-25-10/h4-8H,1-3H3,(H,19,21). The first-order valence-electron chi connectivity index (χ1n) is 7.49. The van der Waals surface area contributed by atoms with Gasteiger partial charge in [0.15, 0.2) is 5.82 Å². The van der Waals surface area contributed by atoms with Gasteiger partial charge in [-0.05, 0) is 36.8 Å². The zero-order chi connectivity index (χ0) is 18.7. The molecule has 26 heavy (non-hydrogen) atoms. The maximum Gasteiger partial charge on any atom is 0.348 e. The van der Waals surface area contributed by atoms with Gasteiger partial charge in [-0.3, -0.25) is 4.79 Å². The minimum atomic E-state index is -0.430. The number of ether oxygens (including phenoxy) is 1. The van der Waals surface area contributed by atoms with Crippen LogP contribution in [0.3, 0.4) is 0 Å². The number of carbonyl (C=O) groups is 2. The SMILES string of the molecule is COC(=O)c1ccc(NC(=O)c2c(C)nc(-c3cccs3)nc2SC)s1. The third-order valence-corrected chi connectivity index (χ3v) is 5.98. The molecule has 9 heteroatoms. The minimum Gasteiger partial charge on any atom is -0.465 e. The second-order valence-corrected chi connectivity index (χ2v) is 7.93. The van der Waals surface area contributed by atoms with Gasteiger partial charge in [0, 0.05) is 0 Å². The molecule has 3 heterocycles. The Kier molecular flexibility index (Phi) is 5.70. The number of methoxy groups -OCH3 is 1. The van der Waals surface area contributed by atoms with Crippen LogP contribution in [0.4, 0.5) is 5.00 Å². The minimum absolute atomic E-state index is 0.303. The number of rotatable bonds is 5. The van der Waals surface area contributed by atoms with Crippen LogP contribution in [0.5, 0.6) is 0 Å². The predicted octanol–water partition coefficient (Wildman–Crippen LogP) is 4.34. The Bertz CT molecular complexity index is 952. The van der Waals surface area contributed by atoms with Crippen molar-refractivity contribution in [3.05, 3.63) is 45.8 Å². The van der Waals surface area contributed by atoms with Crippen molar-refractivity contribution in [2.75, 3.05) is 18.7 Å². The molecule has 1 N–H and O–H groups in total. The molecule has 0 bridgehead atoms. The number of hydrogen-bond donors (Lipinski definition) is 1. The summed E-state index contributed by atoms with van der Waals surface area (Å²) in [6.07, 6.45) is 1.87. The molecule has 0 atom stereocenters. The van der Waals surface area contributed by atoms with Crippen LogP contribution in [-0.2, 0) is 4.74 Å². The van der Waals surface area contributed by atoms with Crippen LogP contribution >= 0.6 is 34.4 Å². The molecular formula is C17H15N3O3S3. The number of hydrogen-bond acceptors (Lipinski definition) is 8. The first-order chi connectivity index (χ1) is 12.5. The number of thioether (sulfide) groups is 1. The Morgan fingerprint density at radius 3 is 2.69 bits per heavy atom. The smallest absolute Gasteiger partial charge is 0.348 e. The third-order valence-electron chi connectivity index (χ3n) is 3.45. The Labute approximate surface area is 162 Å². The van der Waals surface area contributed by atoms with E-state index < -0.39 is 5.97 Å². The fourth-order valence-electron chi connectivity index (χ4n) is 2.26. The van der Waals surface area contributed by atoms with E-state index in [2.05, 4.69) is 20.0 Å². The van der Waals surface area contributed by atoms with Crippen molar-refractivity contribution >= 4 is 51.3 Å². The van der Waals surface area contributed by atoms with E-state index in [0.717, 1.165) is 16.2 Å². The lowest BCUT2D eigenvalue weighted by Crippen LogP contribution is -2.16. The zero-order valence-corrected chi connectivity index (χ0v) is 16.7. The molecule has 3 aromatic heterocycles. The molecule has 3 rings (SSSR count). The highest BCUT2D eigenvalue weighted by Gasteiger charge is 2.20. The summed E-state index contributed by atoms with van der Waals surface area (Å²) in [5.41, 5.74) is 1.04. The summed E-state index contributed by atoms with van der Waals surface area (Å²) in [7, 11) is 1.32. The van der Waals surface area contributed by atoms with Gasteiger partial charge >= 0.3 is 5.97 Å². The van der Waals surface area contributed by atoms with Crippen LogP contribution in [0.25, 0.3) is 10.7 Å². The molecule has 134 valence electrons. The molecule has 0 radical (unpaired) electrons. The van der Waals surface area contributed by atoms with Gasteiger partial charge in [-0.15, -0.1) is 34.4 Å². The quantitative estimate of drug-likeness (QED) is 0.386. The summed E-state index contributed by atoms with van der Waals surface area (Å²) in [6, 6.07) is 7.17. The van der Waals surface area contributed by atoms with Gasteiger partial charge in [-0.1, -0.05) is 6.07 Å². The molecule has 0 spiro atoms. The van der Waals surface area contributed by atoms with Crippen molar-refractivity contribution in [2.24, 2.45) is 0 Å². The number of anilines is 1. The van der Waals surface area contributed by atoms with Gasteiger partial charge in [-0.25, -0.2) is 14.8 Å². The highest BCUT2D eigenvalue weighted by Crippen LogP contribution is 2.29. The van der Waals surface area contributed by atoms with Crippen LogP contribution < -0.4 is 5.32 Å². The summed E-state index contributed by atoms with van der Waals surface area (Å²) in [5.74, 6) is -0.120. The van der Waals surface area contributed by atoms with Crippen molar-refractivity contribution in [3.8, 4) is 10.7 Å². The number of nitrogens with zero attached hydrogens (tertiary/aromatic N) is 2. The lowest BCUT2D eigenvalue weighted by molar-refractivity contribution is 0.0606. The van der Waals surface area contributed by atoms with E-state index in [1.165, 1.54) is 18.9 Å². The lowest BCUT2D eigenvalue weighted by Gasteiger charge is -2.11. The molecule has 0 saturated heterocycles. The Morgan fingerprint density at radius 2 is 2.04 bits per heavy atom. The summed E-state index contributed by atoms with van der Waals surface area (Å²) in [4.78, 5) is 34.7. The van der Waals surface area contributed by atoms with E-state index in [0.29, 0.717) is 32.0 Å². The molecule has 0 fully saturated rings. The Morgan fingerprint density at radius 1 is 1.23 bits per heavy atom. The molecule has 0 aliphatic rings. The Hall–Kier alpha value is -2.23.